The first-order valence-corrected chi connectivity index (χ1v) is 6.83. The van der Waals surface area contributed by atoms with Crippen LogP contribution in [0.5, 0.6) is 0 Å². The summed E-state index contributed by atoms with van der Waals surface area (Å²) in [5.74, 6) is -0.106. The van der Waals surface area contributed by atoms with Gasteiger partial charge in [0.25, 0.3) is 0 Å². The number of benzene rings is 1. The quantitative estimate of drug-likeness (QED) is 0.761. The van der Waals surface area contributed by atoms with Gasteiger partial charge < -0.3 is 16.4 Å². The molecule has 4 nitrogen and oxygen atoms in total. The van der Waals surface area contributed by atoms with Crippen molar-refractivity contribution >= 4 is 5.91 Å². The maximum absolute atomic E-state index is 11.6. The lowest BCUT2D eigenvalue weighted by atomic mass is 9.93. The molecule has 0 spiro atoms. The van der Waals surface area contributed by atoms with Gasteiger partial charge in [-0.15, -0.1) is 0 Å². The largest absolute Gasteiger partial charge is 0.368 e. The van der Waals surface area contributed by atoms with E-state index < -0.39 is 5.54 Å². The molecule has 0 heterocycles. The van der Waals surface area contributed by atoms with Crippen molar-refractivity contribution in [2.45, 2.75) is 24.8 Å². The molecule has 104 valence electrons. The second-order valence-corrected chi connectivity index (χ2v) is 5.65. The van der Waals surface area contributed by atoms with Gasteiger partial charge in [0.05, 0.1) is 0 Å². The zero-order valence-electron chi connectivity index (χ0n) is 11.5. The summed E-state index contributed by atoms with van der Waals surface area (Å²) < 4.78 is 0. The van der Waals surface area contributed by atoms with E-state index in [2.05, 4.69) is 17.0 Å². The molecule has 0 radical (unpaired) electrons. The van der Waals surface area contributed by atoms with Crippen molar-refractivity contribution in [3.63, 3.8) is 0 Å². The number of hydrogen-bond donors (Lipinski definition) is 2. The average Bonchev–Trinajstić information content (AvgIpc) is 3.22. The second kappa shape index (κ2) is 5.72. The van der Waals surface area contributed by atoms with E-state index in [4.69, 9.17) is 11.5 Å². The molecule has 4 heteroatoms. The van der Waals surface area contributed by atoms with E-state index in [1.807, 2.05) is 25.2 Å². The van der Waals surface area contributed by atoms with Crippen LogP contribution in [0.2, 0.25) is 0 Å². The Morgan fingerprint density at radius 3 is 2.53 bits per heavy atom. The molecule has 1 unspecified atom stereocenters. The number of amides is 1. The van der Waals surface area contributed by atoms with Crippen molar-refractivity contribution < 1.29 is 4.79 Å². The molecule has 1 fully saturated rings. The van der Waals surface area contributed by atoms with Gasteiger partial charge in [0.2, 0.25) is 5.91 Å². The van der Waals surface area contributed by atoms with Gasteiger partial charge in [0, 0.05) is 13.1 Å². The van der Waals surface area contributed by atoms with E-state index in [0.717, 1.165) is 25.8 Å². The maximum atomic E-state index is 11.6. The summed E-state index contributed by atoms with van der Waals surface area (Å²) in [5, 5.41) is 0. The molecular formula is C15H23N3O. The number of primary amides is 1. The van der Waals surface area contributed by atoms with Gasteiger partial charge in [0.1, 0.15) is 5.54 Å². The first-order valence-electron chi connectivity index (χ1n) is 6.83. The third-order valence-electron chi connectivity index (χ3n) is 3.92. The Morgan fingerprint density at radius 1 is 1.37 bits per heavy atom. The van der Waals surface area contributed by atoms with Crippen LogP contribution in [-0.2, 0) is 11.2 Å². The van der Waals surface area contributed by atoms with Crippen molar-refractivity contribution in [1.82, 2.24) is 4.90 Å². The van der Waals surface area contributed by atoms with E-state index >= 15 is 0 Å². The molecule has 1 saturated carbocycles. The minimum Gasteiger partial charge on any atom is -0.368 e. The van der Waals surface area contributed by atoms with Gasteiger partial charge in [-0.3, -0.25) is 4.79 Å². The molecule has 1 aliphatic carbocycles. The lowest BCUT2D eigenvalue weighted by Gasteiger charge is -2.31. The zero-order chi connectivity index (χ0) is 13.9. The lowest BCUT2D eigenvalue weighted by Crippen LogP contribution is -2.60. The van der Waals surface area contributed by atoms with Gasteiger partial charge in [-0.2, -0.15) is 0 Å². The maximum Gasteiger partial charge on any atom is 0.239 e. The molecule has 1 atom stereocenters. The van der Waals surface area contributed by atoms with Crippen LogP contribution >= 0.6 is 0 Å². The molecule has 1 aliphatic rings. The van der Waals surface area contributed by atoms with E-state index in [0.29, 0.717) is 6.54 Å². The van der Waals surface area contributed by atoms with Gasteiger partial charge in [0.15, 0.2) is 0 Å². The Bertz CT molecular complexity index is 430. The fourth-order valence-electron chi connectivity index (χ4n) is 2.50. The van der Waals surface area contributed by atoms with Crippen LogP contribution in [0.4, 0.5) is 0 Å². The topological polar surface area (TPSA) is 72.3 Å². The standard InChI is InChI=1S/C15H23N3O/c1-18(10-9-12-5-3-2-4-6-12)11-15(17,14(16)19)13-7-8-13/h2-6,13H,7-11,17H2,1H3,(H2,16,19). The van der Waals surface area contributed by atoms with Crippen LogP contribution in [0.3, 0.4) is 0 Å². The third-order valence-corrected chi connectivity index (χ3v) is 3.92. The summed E-state index contributed by atoms with van der Waals surface area (Å²) in [5.41, 5.74) is 12.1. The minimum absolute atomic E-state index is 0.268. The van der Waals surface area contributed by atoms with Gasteiger partial charge in [-0.25, -0.2) is 0 Å². The van der Waals surface area contributed by atoms with Crippen molar-refractivity contribution in [3.05, 3.63) is 35.9 Å². The molecule has 1 aromatic rings. The molecule has 4 N–H and O–H groups in total. The predicted octanol–water partition coefficient (Wildman–Crippen LogP) is 0.754. The predicted molar refractivity (Wildman–Crippen MR) is 76.5 cm³/mol. The summed E-state index contributed by atoms with van der Waals surface area (Å²) in [4.78, 5) is 13.7. The van der Waals surface area contributed by atoms with Crippen molar-refractivity contribution in [2.24, 2.45) is 17.4 Å². The van der Waals surface area contributed by atoms with Crippen LogP contribution in [0.1, 0.15) is 18.4 Å². The Hall–Kier alpha value is -1.39. The number of nitrogens with zero attached hydrogens (tertiary/aromatic N) is 1. The van der Waals surface area contributed by atoms with Crippen molar-refractivity contribution in [3.8, 4) is 0 Å². The Balaban J connectivity index is 1.86. The van der Waals surface area contributed by atoms with Crippen LogP contribution in [0.25, 0.3) is 0 Å². The summed E-state index contributed by atoms with van der Waals surface area (Å²) in [6.07, 6.45) is 2.99. The number of carbonyl (C=O) groups excluding carboxylic acids is 1. The second-order valence-electron chi connectivity index (χ2n) is 5.65. The van der Waals surface area contributed by atoms with E-state index in [1.165, 1.54) is 5.56 Å². The average molecular weight is 261 g/mol. The van der Waals surface area contributed by atoms with E-state index in [-0.39, 0.29) is 11.8 Å². The summed E-state index contributed by atoms with van der Waals surface area (Å²) >= 11 is 0. The smallest absolute Gasteiger partial charge is 0.239 e. The van der Waals surface area contributed by atoms with Crippen molar-refractivity contribution in [1.29, 1.82) is 0 Å². The molecule has 1 amide bonds. The molecule has 1 aromatic carbocycles. The Morgan fingerprint density at radius 2 is 2.00 bits per heavy atom. The number of hydrogen-bond acceptors (Lipinski definition) is 3. The number of carbonyl (C=O) groups is 1. The van der Waals surface area contributed by atoms with Crippen LogP contribution in [0.15, 0.2) is 30.3 Å². The molecule has 19 heavy (non-hydrogen) atoms. The van der Waals surface area contributed by atoms with Crippen LogP contribution in [-0.4, -0.2) is 36.5 Å². The zero-order valence-corrected chi connectivity index (χ0v) is 11.5. The Labute approximate surface area is 114 Å². The fraction of sp³-hybridized carbons (Fsp3) is 0.533. The van der Waals surface area contributed by atoms with Crippen LogP contribution in [0, 0.1) is 5.92 Å². The number of likely N-dealkylation sites (N-methyl/N-ethyl adjacent to an activating group) is 1. The van der Waals surface area contributed by atoms with Crippen LogP contribution < -0.4 is 11.5 Å². The van der Waals surface area contributed by atoms with Gasteiger partial charge >= 0.3 is 0 Å². The summed E-state index contributed by atoms with van der Waals surface area (Å²) in [6.45, 7) is 1.42. The van der Waals surface area contributed by atoms with Crippen molar-refractivity contribution in [2.75, 3.05) is 20.1 Å². The number of nitrogens with two attached hydrogens (primary N) is 2. The molecule has 0 bridgehead atoms. The first-order chi connectivity index (χ1) is 9.02. The monoisotopic (exact) mass is 261 g/mol. The highest BCUT2D eigenvalue weighted by molar-refractivity contribution is 5.85. The summed E-state index contributed by atoms with van der Waals surface area (Å²) in [6, 6.07) is 10.3. The molecule has 2 rings (SSSR count). The minimum atomic E-state index is -0.856. The van der Waals surface area contributed by atoms with Gasteiger partial charge in [-0.05, 0) is 37.8 Å². The fourth-order valence-corrected chi connectivity index (χ4v) is 2.50. The highest BCUT2D eigenvalue weighted by atomic mass is 16.1. The van der Waals surface area contributed by atoms with E-state index in [1.54, 1.807) is 0 Å². The lowest BCUT2D eigenvalue weighted by molar-refractivity contribution is -0.124. The molecule has 0 aromatic heterocycles. The van der Waals surface area contributed by atoms with E-state index in [9.17, 15) is 4.79 Å². The molecular weight excluding hydrogens is 238 g/mol. The highest BCUT2D eigenvalue weighted by Crippen LogP contribution is 2.38. The molecule has 0 aliphatic heterocycles. The third kappa shape index (κ3) is 3.55. The Kier molecular flexibility index (Phi) is 4.22. The SMILES string of the molecule is CN(CCc1ccccc1)CC(N)(C(N)=O)C1CC1. The summed E-state index contributed by atoms with van der Waals surface area (Å²) in [7, 11) is 2.00. The number of rotatable bonds is 7. The molecule has 0 saturated heterocycles. The first kappa shape index (κ1) is 14.0. The van der Waals surface area contributed by atoms with Gasteiger partial charge in [-0.1, -0.05) is 30.3 Å². The highest BCUT2D eigenvalue weighted by Gasteiger charge is 2.47. The normalized spacial score (nSPS) is 18.3.